The minimum Gasteiger partial charge on any atom is -0.355 e. The number of hydrogen-bond acceptors (Lipinski definition) is 4. The molecule has 0 fully saturated rings. The Morgan fingerprint density at radius 1 is 0.941 bits per heavy atom. The summed E-state index contributed by atoms with van der Waals surface area (Å²) >= 11 is 6.09. The van der Waals surface area contributed by atoms with Gasteiger partial charge in [-0.15, -0.1) is 0 Å². The number of aryl methyl sites for hydroxylation is 1. The van der Waals surface area contributed by atoms with E-state index >= 15 is 0 Å². The van der Waals surface area contributed by atoms with Crippen LogP contribution in [0.1, 0.15) is 11.1 Å². The Balaban J connectivity index is 1.49. The Labute approximate surface area is 201 Å². The van der Waals surface area contributed by atoms with E-state index in [1.165, 1.54) is 0 Å². The Morgan fingerprint density at radius 2 is 1.68 bits per heavy atom. The van der Waals surface area contributed by atoms with Gasteiger partial charge in [0.2, 0.25) is 0 Å². The van der Waals surface area contributed by atoms with Crippen LogP contribution in [0.25, 0.3) is 33.3 Å². The monoisotopic (exact) mass is 462 g/mol. The predicted molar refractivity (Wildman–Crippen MR) is 137 cm³/mol. The number of benzene rings is 3. The fraction of sp³-hybridized carbons (Fsp3) is 0.0357. The van der Waals surface area contributed by atoms with Gasteiger partial charge in [0.1, 0.15) is 11.6 Å². The van der Waals surface area contributed by atoms with Gasteiger partial charge in [-0.3, -0.25) is 9.78 Å². The lowest BCUT2D eigenvalue weighted by atomic mass is 9.98. The number of H-pyrrole nitrogens is 1. The summed E-state index contributed by atoms with van der Waals surface area (Å²) in [5.41, 5.74) is 6.37. The smallest absolute Gasteiger partial charge is 0.266 e. The van der Waals surface area contributed by atoms with Crippen molar-refractivity contribution in [3.05, 3.63) is 112 Å². The molecule has 0 aliphatic carbocycles. The number of rotatable bonds is 4. The second-order valence-corrected chi connectivity index (χ2v) is 8.44. The van der Waals surface area contributed by atoms with Crippen LogP contribution in [-0.4, -0.2) is 9.97 Å². The molecule has 0 aliphatic rings. The number of nitrogens with zero attached hydrogens (tertiary/aromatic N) is 2. The summed E-state index contributed by atoms with van der Waals surface area (Å²) < 4.78 is 0. The van der Waals surface area contributed by atoms with Crippen LogP contribution in [0.15, 0.2) is 89.9 Å². The van der Waals surface area contributed by atoms with Crippen molar-refractivity contribution >= 4 is 33.9 Å². The van der Waals surface area contributed by atoms with Gasteiger partial charge in [0.15, 0.2) is 0 Å². The number of halogens is 1. The maximum Gasteiger partial charge on any atom is 0.266 e. The van der Waals surface area contributed by atoms with Crippen LogP contribution >= 0.6 is 11.6 Å². The Kier molecular flexibility index (Phi) is 5.59. The first-order valence-corrected chi connectivity index (χ1v) is 11.1. The van der Waals surface area contributed by atoms with E-state index in [4.69, 9.17) is 11.6 Å². The highest BCUT2D eigenvalue weighted by atomic mass is 35.5. The third-order valence-corrected chi connectivity index (χ3v) is 5.92. The lowest BCUT2D eigenvalue weighted by molar-refractivity contribution is 1.22. The van der Waals surface area contributed by atoms with Gasteiger partial charge in [-0.1, -0.05) is 53.6 Å². The largest absolute Gasteiger partial charge is 0.355 e. The van der Waals surface area contributed by atoms with E-state index in [1.807, 2.05) is 91.9 Å². The molecule has 5 nitrogen and oxygen atoms in total. The molecule has 5 rings (SSSR count). The molecule has 0 saturated carbocycles. The predicted octanol–water partition coefficient (Wildman–Crippen LogP) is 6.83. The lowest BCUT2D eigenvalue weighted by Crippen LogP contribution is -2.12. The minimum absolute atomic E-state index is 0.107. The number of nitriles is 1. The summed E-state index contributed by atoms with van der Waals surface area (Å²) in [6.07, 6.45) is 1.74. The van der Waals surface area contributed by atoms with Gasteiger partial charge in [-0.2, -0.15) is 5.26 Å². The van der Waals surface area contributed by atoms with Crippen LogP contribution < -0.4 is 10.9 Å². The van der Waals surface area contributed by atoms with Crippen molar-refractivity contribution in [2.45, 2.75) is 6.92 Å². The molecule has 2 N–H and O–H groups in total. The molecule has 0 saturated heterocycles. The van der Waals surface area contributed by atoms with Crippen molar-refractivity contribution in [2.75, 3.05) is 5.32 Å². The molecule has 0 amide bonds. The minimum atomic E-state index is -0.403. The molecule has 2 heterocycles. The number of nitrogens with one attached hydrogen (secondary N) is 2. The summed E-state index contributed by atoms with van der Waals surface area (Å²) in [7, 11) is 0. The van der Waals surface area contributed by atoms with Crippen LogP contribution in [0, 0.1) is 18.3 Å². The van der Waals surface area contributed by atoms with E-state index < -0.39 is 5.56 Å². The summed E-state index contributed by atoms with van der Waals surface area (Å²) in [6, 6.07) is 27.0. The van der Waals surface area contributed by atoms with E-state index in [0.29, 0.717) is 16.3 Å². The molecular weight excluding hydrogens is 444 g/mol. The SMILES string of the molecule is Cc1ccc(-c2cc(-c3ccc(Nc4ccnc5cc(Cl)ccc45)cc3)[nH]c(=O)c2C#N)cc1. The first-order chi connectivity index (χ1) is 16.5. The topological polar surface area (TPSA) is 81.6 Å². The van der Waals surface area contributed by atoms with E-state index in [0.717, 1.165) is 39.0 Å². The summed E-state index contributed by atoms with van der Waals surface area (Å²) in [4.78, 5) is 19.9. The fourth-order valence-corrected chi connectivity index (χ4v) is 4.07. The molecule has 0 atom stereocenters. The molecule has 0 radical (unpaired) electrons. The van der Waals surface area contributed by atoms with Crippen LogP contribution in [0.4, 0.5) is 11.4 Å². The van der Waals surface area contributed by atoms with Gasteiger partial charge in [-0.25, -0.2) is 0 Å². The van der Waals surface area contributed by atoms with Crippen LogP contribution in [-0.2, 0) is 0 Å². The van der Waals surface area contributed by atoms with Gasteiger partial charge in [0, 0.05) is 39.2 Å². The molecule has 164 valence electrons. The second-order valence-electron chi connectivity index (χ2n) is 8.00. The average Bonchev–Trinajstić information content (AvgIpc) is 2.84. The van der Waals surface area contributed by atoms with E-state index in [2.05, 4.69) is 15.3 Å². The van der Waals surface area contributed by atoms with Crippen molar-refractivity contribution in [1.29, 1.82) is 5.26 Å². The number of anilines is 2. The van der Waals surface area contributed by atoms with E-state index in [9.17, 15) is 10.1 Å². The summed E-state index contributed by atoms with van der Waals surface area (Å²) in [5.74, 6) is 0. The molecule has 5 aromatic rings. The number of fused-ring (bicyclic) bond motifs is 1. The quantitative estimate of drug-likeness (QED) is 0.306. The molecule has 0 bridgehead atoms. The fourth-order valence-electron chi connectivity index (χ4n) is 3.91. The Morgan fingerprint density at radius 3 is 2.41 bits per heavy atom. The molecule has 34 heavy (non-hydrogen) atoms. The highest BCUT2D eigenvalue weighted by Gasteiger charge is 2.13. The van der Waals surface area contributed by atoms with Crippen LogP contribution in [0.5, 0.6) is 0 Å². The zero-order valence-corrected chi connectivity index (χ0v) is 19.0. The third-order valence-electron chi connectivity index (χ3n) is 5.69. The Bertz CT molecular complexity index is 1610. The number of aromatic amines is 1. The number of hydrogen-bond donors (Lipinski definition) is 2. The van der Waals surface area contributed by atoms with Gasteiger partial charge < -0.3 is 10.3 Å². The van der Waals surface area contributed by atoms with Crippen LogP contribution in [0.3, 0.4) is 0 Å². The van der Waals surface area contributed by atoms with Crippen molar-refractivity contribution in [3.8, 4) is 28.5 Å². The molecule has 2 aromatic heterocycles. The standard InChI is InChI=1S/C28H19ClN4O/c1-17-2-4-18(5-3-17)23-15-26(33-28(34)24(23)16-30)19-6-9-21(10-7-19)32-25-12-13-31-27-14-20(29)8-11-22(25)27/h2-15H,1H3,(H,31,32)(H,33,34). The first-order valence-electron chi connectivity index (χ1n) is 10.7. The molecular formula is C28H19ClN4O. The second kappa shape index (κ2) is 8.86. The van der Waals surface area contributed by atoms with E-state index in [-0.39, 0.29) is 5.56 Å². The van der Waals surface area contributed by atoms with E-state index in [1.54, 1.807) is 6.20 Å². The van der Waals surface area contributed by atoms with Gasteiger partial charge in [0.05, 0.1) is 5.52 Å². The lowest BCUT2D eigenvalue weighted by Gasteiger charge is -2.11. The molecule has 3 aromatic carbocycles. The molecule has 0 aliphatic heterocycles. The third kappa shape index (κ3) is 4.15. The normalized spacial score (nSPS) is 10.7. The van der Waals surface area contributed by atoms with Gasteiger partial charge >= 0.3 is 0 Å². The van der Waals surface area contributed by atoms with Gasteiger partial charge in [0.25, 0.3) is 5.56 Å². The van der Waals surface area contributed by atoms with Crippen molar-refractivity contribution in [2.24, 2.45) is 0 Å². The van der Waals surface area contributed by atoms with Crippen molar-refractivity contribution in [1.82, 2.24) is 9.97 Å². The summed E-state index contributed by atoms with van der Waals surface area (Å²) in [6.45, 7) is 2.00. The Hall–Kier alpha value is -4.40. The number of aromatic nitrogens is 2. The zero-order chi connectivity index (χ0) is 23.7. The zero-order valence-electron chi connectivity index (χ0n) is 18.3. The molecule has 0 spiro atoms. The maximum atomic E-state index is 12.7. The van der Waals surface area contributed by atoms with Crippen LogP contribution in [0.2, 0.25) is 5.02 Å². The highest BCUT2D eigenvalue weighted by Crippen LogP contribution is 2.30. The maximum absolute atomic E-state index is 12.7. The average molecular weight is 463 g/mol. The van der Waals surface area contributed by atoms with Crippen molar-refractivity contribution in [3.63, 3.8) is 0 Å². The first kappa shape index (κ1) is 21.4. The highest BCUT2D eigenvalue weighted by molar-refractivity contribution is 6.31. The molecule has 6 heteroatoms. The van der Waals surface area contributed by atoms with Crippen molar-refractivity contribution < 1.29 is 0 Å². The molecule has 0 unspecified atom stereocenters. The number of pyridine rings is 2. The summed E-state index contributed by atoms with van der Waals surface area (Å²) in [5, 5.41) is 14.6. The van der Waals surface area contributed by atoms with Gasteiger partial charge in [-0.05, 0) is 60.5 Å².